The summed E-state index contributed by atoms with van der Waals surface area (Å²) in [6, 6.07) is 0. The zero-order valence-electron chi connectivity index (χ0n) is 16.4. The monoisotopic (exact) mass is 446 g/mol. The Labute approximate surface area is 238 Å². The first kappa shape index (κ1) is 31.7. The van der Waals surface area contributed by atoms with E-state index in [1.54, 1.807) is 0 Å². The maximum atomic E-state index is 12.0. The number of aliphatic hydroxyl groups is 1. The van der Waals surface area contributed by atoms with Crippen molar-refractivity contribution < 1.29 is 170 Å². The van der Waals surface area contributed by atoms with Gasteiger partial charge in [0, 0.05) is 0 Å². The maximum absolute atomic E-state index is 12.0. The van der Waals surface area contributed by atoms with Crippen molar-refractivity contribution in [2.24, 2.45) is 0 Å². The fourth-order valence-corrected chi connectivity index (χ4v) is 1.80. The summed E-state index contributed by atoms with van der Waals surface area (Å²) in [5.41, 5.74) is -6.42. The number of carboxylic acids is 5. The molecule has 0 spiro atoms. The van der Waals surface area contributed by atoms with Gasteiger partial charge in [-0.05, 0) is 0 Å². The summed E-state index contributed by atoms with van der Waals surface area (Å²) in [6.45, 7) is 0. The molecule has 13 nitrogen and oxygen atoms in total. The van der Waals surface area contributed by atoms with Gasteiger partial charge in [0.05, 0.1) is 25.7 Å². The smallest absolute Gasteiger partial charge is 1.00 e. The number of rotatable bonds is 11. The fraction of sp³-hybridized carbons (Fsp3) is 0.500. The van der Waals surface area contributed by atoms with Crippen molar-refractivity contribution >= 4 is 35.8 Å². The summed E-state index contributed by atoms with van der Waals surface area (Å²) in [7, 11) is 0. The van der Waals surface area contributed by atoms with E-state index in [2.05, 4.69) is 4.74 Å². The second-order valence-electron chi connectivity index (χ2n) is 5.00. The maximum Gasteiger partial charge on any atom is 1.00 e. The summed E-state index contributed by atoms with van der Waals surface area (Å²) in [4.78, 5) is 66.2. The number of ether oxygens (including phenoxy) is 1. The van der Waals surface area contributed by atoms with E-state index >= 15 is 0 Å². The molecule has 0 radical (unpaired) electrons. The van der Waals surface area contributed by atoms with Crippen molar-refractivity contribution in [1.29, 1.82) is 0 Å². The number of carbonyl (C=O) groups is 6. The molecule has 0 rings (SSSR count). The third-order valence-electron chi connectivity index (χ3n) is 2.82. The van der Waals surface area contributed by atoms with Crippen LogP contribution in [-0.4, -0.2) is 77.7 Å². The normalized spacial score (nSPS) is 10.6. The molecular formula is C12H16K2O13. The van der Waals surface area contributed by atoms with Crippen LogP contribution in [0.5, 0.6) is 0 Å². The summed E-state index contributed by atoms with van der Waals surface area (Å²) in [5, 5.41) is 53.7. The van der Waals surface area contributed by atoms with Crippen molar-refractivity contribution in [3.05, 3.63) is 0 Å². The van der Waals surface area contributed by atoms with Crippen molar-refractivity contribution in [2.45, 2.75) is 36.9 Å². The summed E-state index contributed by atoms with van der Waals surface area (Å²) >= 11 is 0. The van der Waals surface area contributed by atoms with Gasteiger partial charge in [-0.25, -0.2) is 9.59 Å². The van der Waals surface area contributed by atoms with Crippen molar-refractivity contribution in [3.63, 3.8) is 0 Å². The van der Waals surface area contributed by atoms with Crippen LogP contribution >= 0.6 is 0 Å². The Morgan fingerprint density at radius 2 is 0.963 bits per heavy atom. The Balaban J connectivity index is -0.000000480. The van der Waals surface area contributed by atoms with E-state index in [-0.39, 0.29) is 106 Å². The van der Waals surface area contributed by atoms with Gasteiger partial charge in [-0.3, -0.25) is 19.2 Å². The average molecular weight is 446 g/mol. The van der Waals surface area contributed by atoms with Gasteiger partial charge in [0.2, 0.25) is 5.60 Å². The minimum atomic E-state index is -3.24. The molecule has 0 aromatic heterocycles. The van der Waals surface area contributed by atoms with Crippen molar-refractivity contribution in [1.82, 2.24) is 0 Å². The van der Waals surface area contributed by atoms with Gasteiger partial charge in [-0.1, -0.05) is 0 Å². The van der Waals surface area contributed by atoms with Gasteiger partial charge in [0.15, 0.2) is 5.60 Å². The molecule has 0 atom stereocenters. The van der Waals surface area contributed by atoms with E-state index in [9.17, 15) is 33.9 Å². The Hall–Kier alpha value is 0.0527. The predicted octanol–water partition coefficient (Wildman–Crippen LogP) is -7.78. The molecule has 0 aliphatic heterocycles. The molecule has 0 aromatic carbocycles. The molecule has 0 heterocycles. The minimum Gasteiger partial charge on any atom is -1.00 e. The van der Waals surface area contributed by atoms with Gasteiger partial charge in [0.25, 0.3) is 0 Å². The van der Waals surface area contributed by atoms with Crippen LogP contribution in [0.1, 0.15) is 28.5 Å². The first-order chi connectivity index (χ1) is 11.2. The van der Waals surface area contributed by atoms with Gasteiger partial charge in [-0.15, -0.1) is 0 Å². The molecule has 0 saturated heterocycles. The first-order valence-electron chi connectivity index (χ1n) is 6.30. The first-order valence-corrected chi connectivity index (χ1v) is 6.30. The topological polar surface area (TPSA) is 233 Å². The Bertz CT molecular complexity index is 593. The molecule has 27 heavy (non-hydrogen) atoms. The van der Waals surface area contributed by atoms with E-state index in [0.29, 0.717) is 0 Å². The van der Waals surface area contributed by atoms with Crippen molar-refractivity contribution in [3.8, 4) is 0 Å². The number of carbonyl (C=O) groups excluding carboxylic acids is 1. The SMILES string of the molecule is O=C(O)CC(O)(CC(=O)O)C(=O)OC(CC(=O)O)(CC(=O)O)C(=O)O.[H-].[H-].[K+].[K+]. The van der Waals surface area contributed by atoms with Crippen LogP contribution in [0.15, 0.2) is 0 Å². The van der Waals surface area contributed by atoms with Crippen LogP contribution in [0.4, 0.5) is 0 Å². The third-order valence-corrected chi connectivity index (χ3v) is 2.82. The van der Waals surface area contributed by atoms with Crippen LogP contribution in [0.3, 0.4) is 0 Å². The van der Waals surface area contributed by atoms with Gasteiger partial charge < -0.3 is 38.2 Å². The average Bonchev–Trinajstić information content (AvgIpc) is 2.34. The third kappa shape index (κ3) is 11.0. The standard InChI is InChI=1S/C12H14O13.2K.2H/c13-5(14)1-11(24,2-6(15)16)10(23)25-12(9(21)22,3-7(17)18)4-8(19)20;;;;/h24H,1-4H2,(H,13,14)(H,15,16)(H,17,18)(H,19,20)(H,21,22);;;;/q;2*+1;2*-1. The quantitative estimate of drug-likeness (QED) is 0.128. The Morgan fingerprint density at radius 1 is 0.667 bits per heavy atom. The number of esters is 1. The van der Waals surface area contributed by atoms with E-state index < -0.39 is 72.7 Å². The van der Waals surface area contributed by atoms with Gasteiger partial charge >= 0.3 is 139 Å². The number of aliphatic carboxylic acids is 5. The summed E-state index contributed by atoms with van der Waals surface area (Å²) in [6.07, 6.45) is -6.07. The largest absolute Gasteiger partial charge is 1.00 e. The second-order valence-corrected chi connectivity index (χ2v) is 5.00. The molecule has 0 bridgehead atoms. The predicted molar refractivity (Wildman–Crippen MR) is 72.6 cm³/mol. The van der Waals surface area contributed by atoms with E-state index in [4.69, 9.17) is 25.5 Å². The zero-order chi connectivity index (χ0) is 20.0. The molecule has 0 aromatic rings. The summed E-state index contributed by atoms with van der Waals surface area (Å²) < 4.78 is 4.31. The second kappa shape index (κ2) is 13.3. The molecule has 0 aliphatic rings. The molecule has 0 unspecified atom stereocenters. The van der Waals surface area contributed by atoms with Crippen LogP contribution < -0.4 is 103 Å². The van der Waals surface area contributed by atoms with Gasteiger partial charge in [0.1, 0.15) is 0 Å². The Kier molecular flexibility index (Phi) is 15.6. The van der Waals surface area contributed by atoms with Crippen LogP contribution in [0.2, 0.25) is 0 Å². The number of carboxylic acid groups (broad SMARTS) is 5. The van der Waals surface area contributed by atoms with Gasteiger partial charge in [-0.2, -0.15) is 0 Å². The van der Waals surface area contributed by atoms with Crippen LogP contribution in [0.25, 0.3) is 0 Å². The fourth-order valence-electron chi connectivity index (χ4n) is 1.80. The number of hydrogen-bond donors (Lipinski definition) is 6. The zero-order valence-corrected chi connectivity index (χ0v) is 20.6. The Morgan fingerprint density at radius 3 is 1.19 bits per heavy atom. The summed E-state index contributed by atoms with van der Waals surface area (Å²) in [5.74, 6) is -11.7. The molecule has 0 saturated carbocycles. The van der Waals surface area contributed by atoms with Crippen molar-refractivity contribution in [2.75, 3.05) is 0 Å². The number of hydrogen-bond acceptors (Lipinski definition) is 8. The van der Waals surface area contributed by atoms with E-state index in [0.717, 1.165) is 0 Å². The molecule has 0 aliphatic carbocycles. The molecule has 144 valence electrons. The molecule has 0 amide bonds. The molecule has 15 heteroatoms. The van der Waals surface area contributed by atoms with Crippen LogP contribution in [-0.2, 0) is 33.5 Å². The molecule has 6 N–H and O–H groups in total. The van der Waals surface area contributed by atoms with Crippen LogP contribution in [0, 0.1) is 0 Å². The van der Waals surface area contributed by atoms with E-state index in [1.165, 1.54) is 0 Å². The molecule has 0 fully saturated rings. The van der Waals surface area contributed by atoms with E-state index in [1.807, 2.05) is 0 Å². The molecular weight excluding hydrogens is 430 g/mol. The minimum absolute atomic E-state index is 0.